The lowest BCUT2D eigenvalue weighted by molar-refractivity contribution is 0.0992. The molecule has 0 saturated heterocycles. The van der Waals surface area contributed by atoms with Crippen LogP contribution in [0.2, 0.25) is 0 Å². The fourth-order valence-corrected chi connectivity index (χ4v) is 9.83. The van der Waals surface area contributed by atoms with E-state index in [1.807, 2.05) is 82.3 Å². The predicted octanol–water partition coefficient (Wildman–Crippen LogP) is 11.6. The van der Waals surface area contributed by atoms with E-state index < -0.39 is 11.8 Å². The van der Waals surface area contributed by atoms with Crippen LogP contribution in [0, 0.1) is 0 Å². The third kappa shape index (κ3) is 13.0. The highest BCUT2D eigenvalue weighted by atomic mass is 32.1. The molecular weight excluding hydrogens is 991 g/mol. The van der Waals surface area contributed by atoms with Crippen molar-refractivity contribution >= 4 is 73.7 Å². The molecule has 0 bridgehead atoms. The molecule has 2 amide bonds. The monoisotopic (exact) mass is 1060 g/mol. The van der Waals surface area contributed by atoms with Gasteiger partial charge in [-0.2, -0.15) is 0 Å². The van der Waals surface area contributed by atoms with E-state index in [4.69, 9.17) is 30.4 Å². The first-order valence-electron chi connectivity index (χ1n) is 25.8. The summed E-state index contributed by atoms with van der Waals surface area (Å²) in [7, 11) is 0. The van der Waals surface area contributed by atoms with Crippen LogP contribution in [0.1, 0.15) is 90.1 Å². The third-order valence-corrected chi connectivity index (χ3v) is 13.5. The number of hydrogen-bond donors (Lipinski definition) is 7. The van der Waals surface area contributed by atoms with Gasteiger partial charge in [-0.25, -0.2) is 4.98 Å². The molecule has 9 aromatic rings. The van der Waals surface area contributed by atoms with Gasteiger partial charge < -0.3 is 51.7 Å². The summed E-state index contributed by atoms with van der Waals surface area (Å²) in [5.74, 6) is 1.77. The number of H-pyrrole nitrogens is 1. The van der Waals surface area contributed by atoms with Crippen LogP contribution >= 0.6 is 11.3 Å². The van der Waals surface area contributed by atoms with Crippen molar-refractivity contribution in [3.8, 4) is 33.4 Å². The second-order valence-electron chi connectivity index (χ2n) is 17.5. The number of nitrogens with zero attached hydrogens (tertiary/aromatic N) is 4. The number of primary amides is 2. The largest absolute Gasteiger partial charge is 0.490 e. The third-order valence-electron chi connectivity index (χ3n) is 12.6. The van der Waals surface area contributed by atoms with Crippen LogP contribution in [-0.4, -0.2) is 63.4 Å². The Morgan fingerprint density at radius 3 is 1.53 bits per heavy atom. The van der Waals surface area contributed by atoms with Gasteiger partial charge in [0.2, 0.25) is 5.95 Å². The van der Waals surface area contributed by atoms with Gasteiger partial charge in [-0.15, -0.1) is 16.4 Å². The average Bonchev–Trinajstić information content (AvgIpc) is 4.19. The van der Waals surface area contributed by atoms with Crippen molar-refractivity contribution in [3.63, 3.8) is 0 Å². The van der Waals surface area contributed by atoms with Crippen LogP contribution in [0.15, 0.2) is 121 Å². The first-order chi connectivity index (χ1) is 37.6. The summed E-state index contributed by atoms with van der Waals surface area (Å²) < 4.78 is 23.2. The fraction of sp³-hybridized carbons (Fsp3) is 0.254. The quantitative estimate of drug-likeness (QED) is 0.0298. The molecule has 18 heteroatoms. The van der Waals surface area contributed by atoms with Crippen LogP contribution in [0.3, 0.4) is 0 Å². The van der Waals surface area contributed by atoms with E-state index in [0.717, 1.165) is 52.8 Å². The number of rotatable bonds is 24. The van der Waals surface area contributed by atoms with E-state index >= 15 is 0 Å². The van der Waals surface area contributed by atoms with Gasteiger partial charge in [0.25, 0.3) is 11.8 Å². The van der Waals surface area contributed by atoms with Crippen LogP contribution in [0.5, 0.6) is 23.0 Å². The summed E-state index contributed by atoms with van der Waals surface area (Å²) in [5, 5.41) is 24.1. The minimum Gasteiger partial charge on any atom is -0.490 e. The summed E-state index contributed by atoms with van der Waals surface area (Å²) in [6, 6.07) is 32.5. The molecule has 0 unspecified atom stereocenters. The normalized spacial score (nSPS) is 10.9. The number of aromatic nitrogens is 5. The zero-order valence-electron chi connectivity index (χ0n) is 44.2. The number of amides is 2. The Morgan fingerprint density at radius 1 is 0.584 bits per heavy atom. The summed E-state index contributed by atoms with van der Waals surface area (Å²) in [6.45, 7) is 15.8. The summed E-state index contributed by atoms with van der Waals surface area (Å²) in [4.78, 5) is 39.2. The van der Waals surface area contributed by atoms with E-state index in [1.54, 1.807) is 11.3 Å². The van der Waals surface area contributed by atoms with Crippen molar-refractivity contribution in [1.82, 2.24) is 30.5 Å². The van der Waals surface area contributed by atoms with Crippen molar-refractivity contribution in [2.75, 3.05) is 42.4 Å². The maximum atomic E-state index is 12.5. The second-order valence-corrected chi connectivity index (χ2v) is 18.4. The van der Waals surface area contributed by atoms with Gasteiger partial charge in [-0.1, -0.05) is 68.4 Å². The van der Waals surface area contributed by atoms with Crippen molar-refractivity contribution < 1.29 is 28.5 Å². The average molecular weight is 1060 g/mol. The number of carbonyl (C=O) groups is 2. The van der Waals surface area contributed by atoms with E-state index in [2.05, 4.69) is 108 Å². The van der Waals surface area contributed by atoms with Gasteiger partial charge >= 0.3 is 0 Å². The number of carbonyl (C=O) groups excluding carboxylic acids is 2. The van der Waals surface area contributed by atoms with Crippen molar-refractivity contribution in [2.45, 2.75) is 74.0 Å². The predicted molar refractivity (Wildman–Crippen MR) is 307 cm³/mol. The first-order valence-corrected chi connectivity index (χ1v) is 26.7. The van der Waals surface area contributed by atoms with Crippen LogP contribution in [0.25, 0.3) is 32.2 Å². The molecule has 5 aromatic carbocycles. The molecule has 0 radical (unpaired) electrons. The lowest BCUT2D eigenvalue weighted by Gasteiger charge is -2.19. The van der Waals surface area contributed by atoms with Crippen molar-refractivity contribution in [2.24, 2.45) is 11.5 Å². The Hall–Kier alpha value is -8.74. The number of hydrogen-bond acceptors (Lipinski definition) is 15. The highest BCUT2D eigenvalue weighted by Gasteiger charge is 2.21. The topological polar surface area (TPSA) is 239 Å². The van der Waals surface area contributed by atoms with Crippen molar-refractivity contribution in [1.29, 1.82) is 0 Å². The molecule has 17 nitrogen and oxygen atoms in total. The van der Waals surface area contributed by atoms with Crippen LogP contribution in [-0.2, 0) is 32.5 Å². The Morgan fingerprint density at radius 2 is 1.09 bits per heavy atom. The van der Waals surface area contributed by atoms with E-state index in [-0.39, 0.29) is 5.56 Å². The minimum absolute atomic E-state index is 0.287. The lowest BCUT2D eigenvalue weighted by atomic mass is 10.0. The summed E-state index contributed by atoms with van der Waals surface area (Å²) in [6.07, 6.45) is 6.10. The zero-order valence-corrected chi connectivity index (χ0v) is 45.0. The molecule has 0 aliphatic heterocycles. The molecule has 0 atom stereocenters. The molecule has 4 heterocycles. The number of thiophene rings is 1. The molecule has 0 aliphatic carbocycles. The van der Waals surface area contributed by atoms with Gasteiger partial charge in [-0.3, -0.25) is 24.7 Å². The van der Waals surface area contributed by atoms with E-state index in [9.17, 15) is 9.59 Å². The van der Waals surface area contributed by atoms with Gasteiger partial charge in [-0.05, 0) is 110 Å². The number of anilines is 5. The molecule has 9 N–H and O–H groups in total. The Bertz CT molecular complexity index is 3440. The standard InChI is InChI=1S/C34H36N4O3S.C25H29N7O3/c1-4-25-24(20-36-19-22-12-14-23(15-13-22)32-11-8-16-42-32)9-7-10-28(25)38-33-26-17-30(40-5-2)31(41-6-3)18-29(26)37-21-27(33)34(35)39;1-4-16-15(12-28-25-29-14-30-32-25)8-7-9-19(16)31-23-17-10-21(34-5-2)22(35-6-3)11-20(17)27-13-18(23)24(26)33/h7-18,21,36H,4-6,19-20H2,1-3H3,(H2,35,39)(H,37,38);7-11,13-14H,4-6,12H2,1-3H3,(H2,26,33)(H,27,31)(H2,28,29,30,32). The highest BCUT2D eigenvalue weighted by Crippen LogP contribution is 2.40. The molecule has 0 fully saturated rings. The molecule has 0 spiro atoms. The van der Waals surface area contributed by atoms with Gasteiger partial charge in [0.15, 0.2) is 23.0 Å². The summed E-state index contributed by atoms with van der Waals surface area (Å²) >= 11 is 1.75. The van der Waals surface area contributed by atoms with Gasteiger partial charge in [0.1, 0.15) is 6.33 Å². The number of aromatic amines is 1. The minimum atomic E-state index is -0.575. The lowest BCUT2D eigenvalue weighted by Crippen LogP contribution is -2.16. The SMILES string of the molecule is CCOc1cc2ncc(C(N)=O)c(Nc3cccc(CNCc4ccc(-c5cccs5)cc4)c3CC)c2cc1OCC.CCOc1cc2ncc(C(N)=O)c(Nc3cccc(CNc4nc[nH]n4)c3CC)c2cc1OCC. The maximum Gasteiger partial charge on any atom is 0.252 e. The Kier molecular flexibility index (Phi) is 18.5. The summed E-state index contributed by atoms with van der Waals surface area (Å²) in [5.41, 5.74) is 23.4. The van der Waals surface area contributed by atoms with Gasteiger partial charge in [0, 0.05) is 71.2 Å². The zero-order chi connectivity index (χ0) is 54.3. The first kappa shape index (κ1) is 54.5. The fourth-order valence-electron chi connectivity index (χ4n) is 9.09. The number of benzene rings is 5. The van der Waals surface area contributed by atoms with E-state index in [1.165, 1.54) is 40.3 Å². The van der Waals surface area contributed by atoms with E-state index in [0.29, 0.717) is 102 Å². The number of pyridine rings is 2. The Balaban J connectivity index is 0.000000207. The number of ether oxygens (including phenoxy) is 4. The number of nitrogens with two attached hydrogens (primary N) is 2. The van der Waals surface area contributed by atoms with Crippen LogP contribution < -0.4 is 51.7 Å². The van der Waals surface area contributed by atoms with Crippen molar-refractivity contribution in [3.05, 3.63) is 160 Å². The molecule has 4 aromatic heterocycles. The Labute approximate surface area is 452 Å². The molecule has 77 heavy (non-hydrogen) atoms. The van der Waals surface area contributed by atoms with Crippen LogP contribution in [0.4, 0.5) is 28.7 Å². The molecule has 9 rings (SSSR count). The molecular formula is C59H65N11O6S. The molecule has 398 valence electrons. The van der Waals surface area contributed by atoms with Gasteiger partial charge in [0.05, 0.1) is 60.0 Å². The smallest absolute Gasteiger partial charge is 0.252 e. The second kappa shape index (κ2) is 26.2. The maximum absolute atomic E-state index is 12.5. The molecule has 0 saturated carbocycles. The highest BCUT2D eigenvalue weighted by molar-refractivity contribution is 7.13. The number of fused-ring (bicyclic) bond motifs is 2. The molecule has 0 aliphatic rings. The number of nitrogens with one attached hydrogen (secondary N) is 5.